The van der Waals surface area contributed by atoms with Gasteiger partial charge in [-0.15, -0.1) is 0 Å². The molecule has 0 aliphatic carbocycles. The standard InChI is InChI=1S/C16H18N2O3/c1-10(2)11-5-4-6-13(7-11)21-15-14(16(19)20-3)8-12(17)9-18-15/h4-10H,17H2,1-3H3. The second-order valence-electron chi connectivity index (χ2n) is 4.94. The molecule has 0 radical (unpaired) electrons. The van der Waals surface area contributed by atoms with Gasteiger partial charge in [-0.3, -0.25) is 0 Å². The third kappa shape index (κ3) is 3.51. The fourth-order valence-corrected chi connectivity index (χ4v) is 1.85. The zero-order chi connectivity index (χ0) is 15.4. The molecule has 0 saturated heterocycles. The molecule has 1 aromatic heterocycles. The van der Waals surface area contributed by atoms with Crippen molar-refractivity contribution in [2.75, 3.05) is 12.8 Å². The fourth-order valence-electron chi connectivity index (χ4n) is 1.85. The van der Waals surface area contributed by atoms with Gasteiger partial charge in [0, 0.05) is 0 Å². The van der Waals surface area contributed by atoms with E-state index in [0.29, 0.717) is 17.4 Å². The van der Waals surface area contributed by atoms with Gasteiger partial charge in [-0.25, -0.2) is 9.78 Å². The van der Waals surface area contributed by atoms with Crippen LogP contribution in [0.25, 0.3) is 0 Å². The number of aromatic nitrogens is 1. The summed E-state index contributed by atoms with van der Waals surface area (Å²) in [6, 6.07) is 9.14. The van der Waals surface area contributed by atoms with E-state index in [1.807, 2.05) is 24.3 Å². The highest BCUT2D eigenvalue weighted by molar-refractivity contribution is 5.92. The van der Waals surface area contributed by atoms with Gasteiger partial charge in [-0.2, -0.15) is 0 Å². The van der Waals surface area contributed by atoms with Crippen molar-refractivity contribution < 1.29 is 14.3 Å². The molecule has 0 aliphatic heterocycles. The number of pyridine rings is 1. The molecule has 5 nitrogen and oxygen atoms in total. The Bertz CT molecular complexity index is 654. The van der Waals surface area contributed by atoms with Crippen LogP contribution in [0.5, 0.6) is 11.6 Å². The fraction of sp³-hybridized carbons (Fsp3) is 0.250. The van der Waals surface area contributed by atoms with Gasteiger partial charge in [-0.05, 0) is 29.7 Å². The molecule has 1 heterocycles. The highest BCUT2D eigenvalue weighted by Crippen LogP contribution is 2.27. The van der Waals surface area contributed by atoms with Crippen LogP contribution in [0.2, 0.25) is 0 Å². The molecule has 5 heteroatoms. The molecule has 0 spiro atoms. The van der Waals surface area contributed by atoms with E-state index in [9.17, 15) is 4.79 Å². The second-order valence-corrected chi connectivity index (χ2v) is 4.94. The second kappa shape index (κ2) is 6.26. The predicted molar refractivity (Wildman–Crippen MR) is 80.6 cm³/mol. The molecule has 2 N–H and O–H groups in total. The molecule has 1 aromatic carbocycles. The molecular weight excluding hydrogens is 268 g/mol. The monoisotopic (exact) mass is 286 g/mol. The van der Waals surface area contributed by atoms with Crippen molar-refractivity contribution in [2.45, 2.75) is 19.8 Å². The maximum absolute atomic E-state index is 11.8. The summed E-state index contributed by atoms with van der Waals surface area (Å²) in [6.45, 7) is 4.20. The number of esters is 1. The van der Waals surface area contributed by atoms with Crippen LogP contribution in [0.15, 0.2) is 36.5 Å². The van der Waals surface area contributed by atoms with Gasteiger partial charge in [0.2, 0.25) is 5.88 Å². The van der Waals surface area contributed by atoms with Gasteiger partial charge in [0.15, 0.2) is 0 Å². The Morgan fingerprint density at radius 3 is 2.71 bits per heavy atom. The third-order valence-electron chi connectivity index (χ3n) is 3.02. The van der Waals surface area contributed by atoms with Crippen LogP contribution in [-0.2, 0) is 4.74 Å². The Kier molecular flexibility index (Phi) is 4.42. The third-order valence-corrected chi connectivity index (χ3v) is 3.02. The summed E-state index contributed by atoms with van der Waals surface area (Å²) in [7, 11) is 1.30. The topological polar surface area (TPSA) is 74.4 Å². The van der Waals surface area contributed by atoms with Crippen molar-refractivity contribution in [2.24, 2.45) is 0 Å². The minimum Gasteiger partial charge on any atom is -0.465 e. The number of carbonyl (C=O) groups excluding carboxylic acids is 1. The molecule has 0 atom stereocenters. The molecule has 2 aromatic rings. The minimum absolute atomic E-state index is 0.178. The summed E-state index contributed by atoms with van der Waals surface area (Å²) in [5, 5.41) is 0. The van der Waals surface area contributed by atoms with Crippen LogP contribution in [0.1, 0.15) is 35.7 Å². The quantitative estimate of drug-likeness (QED) is 0.872. The summed E-state index contributed by atoms with van der Waals surface area (Å²) in [5.41, 5.74) is 7.37. The first-order chi connectivity index (χ1) is 10.0. The van der Waals surface area contributed by atoms with Crippen LogP contribution in [-0.4, -0.2) is 18.1 Å². The van der Waals surface area contributed by atoms with Gasteiger partial charge in [0.25, 0.3) is 0 Å². The summed E-state index contributed by atoms with van der Waals surface area (Å²) >= 11 is 0. The van der Waals surface area contributed by atoms with E-state index in [-0.39, 0.29) is 11.4 Å². The van der Waals surface area contributed by atoms with Gasteiger partial charge in [0.05, 0.1) is 19.0 Å². The number of carbonyl (C=O) groups is 1. The number of hydrogen-bond donors (Lipinski definition) is 1. The number of methoxy groups -OCH3 is 1. The van der Waals surface area contributed by atoms with E-state index in [4.69, 9.17) is 15.2 Å². The van der Waals surface area contributed by atoms with Crippen molar-refractivity contribution in [3.8, 4) is 11.6 Å². The largest absolute Gasteiger partial charge is 0.465 e. The van der Waals surface area contributed by atoms with Crippen molar-refractivity contribution >= 4 is 11.7 Å². The number of nitrogen functional groups attached to an aromatic ring is 1. The first kappa shape index (κ1) is 14.8. The van der Waals surface area contributed by atoms with Gasteiger partial charge in [-0.1, -0.05) is 26.0 Å². The van der Waals surface area contributed by atoms with E-state index >= 15 is 0 Å². The number of hydrogen-bond acceptors (Lipinski definition) is 5. The van der Waals surface area contributed by atoms with Crippen LogP contribution in [0, 0.1) is 0 Å². The van der Waals surface area contributed by atoms with Gasteiger partial charge < -0.3 is 15.2 Å². The maximum atomic E-state index is 11.8. The van der Waals surface area contributed by atoms with E-state index in [2.05, 4.69) is 18.8 Å². The lowest BCUT2D eigenvalue weighted by molar-refractivity contribution is 0.0597. The van der Waals surface area contributed by atoms with E-state index in [1.165, 1.54) is 19.4 Å². The van der Waals surface area contributed by atoms with E-state index in [1.54, 1.807) is 0 Å². The molecule has 0 bridgehead atoms. The Morgan fingerprint density at radius 1 is 1.29 bits per heavy atom. The molecule has 0 unspecified atom stereocenters. The molecule has 0 amide bonds. The van der Waals surface area contributed by atoms with Crippen LogP contribution in [0.3, 0.4) is 0 Å². The Hall–Kier alpha value is -2.56. The highest BCUT2D eigenvalue weighted by Gasteiger charge is 2.16. The zero-order valence-electron chi connectivity index (χ0n) is 12.3. The molecule has 0 aliphatic rings. The van der Waals surface area contributed by atoms with Gasteiger partial charge >= 0.3 is 5.97 Å². The number of anilines is 1. The highest BCUT2D eigenvalue weighted by atomic mass is 16.5. The number of nitrogens with zero attached hydrogens (tertiary/aromatic N) is 1. The smallest absolute Gasteiger partial charge is 0.343 e. The summed E-state index contributed by atoms with van der Waals surface area (Å²) in [6.07, 6.45) is 1.44. The van der Waals surface area contributed by atoms with E-state index < -0.39 is 5.97 Å². The summed E-state index contributed by atoms with van der Waals surface area (Å²) in [5.74, 6) is 0.637. The zero-order valence-corrected chi connectivity index (χ0v) is 12.3. The number of benzene rings is 1. The Labute approximate surface area is 123 Å². The van der Waals surface area contributed by atoms with Crippen molar-refractivity contribution in [3.63, 3.8) is 0 Å². The number of ether oxygens (including phenoxy) is 2. The first-order valence-electron chi connectivity index (χ1n) is 6.63. The Morgan fingerprint density at radius 2 is 2.05 bits per heavy atom. The summed E-state index contributed by atoms with van der Waals surface area (Å²) in [4.78, 5) is 15.8. The average Bonchev–Trinajstić information content (AvgIpc) is 2.48. The lowest BCUT2D eigenvalue weighted by atomic mass is 10.0. The molecule has 0 saturated carbocycles. The van der Waals surface area contributed by atoms with Gasteiger partial charge in [0.1, 0.15) is 11.3 Å². The predicted octanol–water partition coefficient (Wildman–Crippen LogP) is 3.37. The van der Waals surface area contributed by atoms with Crippen molar-refractivity contribution in [3.05, 3.63) is 47.7 Å². The van der Waals surface area contributed by atoms with Crippen molar-refractivity contribution in [1.82, 2.24) is 4.98 Å². The minimum atomic E-state index is -0.537. The molecule has 110 valence electrons. The molecular formula is C16H18N2O3. The van der Waals surface area contributed by atoms with Crippen LogP contribution >= 0.6 is 0 Å². The molecule has 21 heavy (non-hydrogen) atoms. The average molecular weight is 286 g/mol. The SMILES string of the molecule is COC(=O)c1cc(N)cnc1Oc1cccc(C(C)C)c1. The summed E-state index contributed by atoms with van der Waals surface area (Å²) < 4.78 is 10.4. The van der Waals surface area contributed by atoms with Crippen LogP contribution in [0.4, 0.5) is 5.69 Å². The van der Waals surface area contributed by atoms with Crippen LogP contribution < -0.4 is 10.5 Å². The number of rotatable bonds is 4. The van der Waals surface area contributed by atoms with E-state index in [0.717, 1.165) is 5.56 Å². The Balaban J connectivity index is 2.35. The maximum Gasteiger partial charge on any atom is 0.343 e. The first-order valence-corrected chi connectivity index (χ1v) is 6.63. The lowest BCUT2D eigenvalue weighted by Crippen LogP contribution is -2.06. The molecule has 2 rings (SSSR count). The van der Waals surface area contributed by atoms with Crippen molar-refractivity contribution in [1.29, 1.82) is 0 Å². The normalized spacial score (nSPS) is 10.5. The number of nitrogens with two attached hydrogens (primary N) is 1. The molecule has 0 fully saturated rings. The lowest BCUT2D eigenvalue weighted by Gasteiger charge is -2.11.